The standard InChI is InChI=1S/C37H40F3N9O5S/c1-47-31-18-24(3-5-29(31)34(46-47)30-6-7-33(50)45-35(30)51)23-8-12-48(13-9-23)16-17-54-32-19-28(4-2-25(32)20-41)55(52,53)49-14-10-27(11-15-49)44-36-42-21-26(22-43-36)37(38,39)40/h2-5,18-19,21-23,27,30H,6-17H2,1H3,(H,42,43,44)(H,45,50,51). The van der Waals surface area contributed by atoms with Crippen molar-refractivity contribution in [3.63, 3.8) is 0 Å². The molecule has 55 heavy (non-hydrogen) atoms. The number of likely N-dealkylation sites (tertiary alicyclic amines) is 1. The number of anilines is 1. The number of piperidine rings is 3. The summed E-state index contributed by atoms with van der Waals surface area (Å²) in [4.78, 5) is 33.9. The minimum Gasteiger partial charge on any atom is -0.491 e. The first-order valence-corrected chi connectivity index (χ1v) is 19.6. The zero-order chi connectivity index (χ0) is 38.9. The SMILES string of the molecule is Cn1nc(C2CCC(=O)NC2=O)c2ccc(C3CCN(CCOc4cc(S(=O)(=O)N5CCC(Nc6ncc(C(F)(F)F)cn6)CC5)ccc4C#N)CC3)cc21. The third-order valence-corrected chi connectivity index (χ3v) is 12.6. The van der Waals surface area contributed by atoms with E-state index in [1.807, 2.05) is 13.1 Å². The molecule has 2 amide bonds. The molecule has 3 fully saturated rings. The van der Waals surface area contributed by atoms with Gasteiger partial charge in [0.1, 0.15) is 18.4 Å². The maximum atomic E-state index is 13.6. The second-order valence-corrected chi connectivity index (χ2v) is 16.1. The van der Waals surface area contributed by atoms with E-state index < -0.39 is 27.7 Å². The number of ether oxygens (including phenoxy) is 1. The number of nitrogens with zero attached hydrogens (tertiary/aromatic N) is 7. The van der Waals surface area contributed by atoms with Gasteiger partial charge in [-0.25, -0.2) is 18.4 Å². The van der Waals surface area contributed by atoms with E-state index in [1.54, 1.807) is 4.68 Å². The molecule has 5 heterocycles. The molecule has 0 saturated carbocycles. The highest BCUT2D eigenvalue weighted by molar-refractivity contribution is 7.89. The average molecular weight is 780 g/mol. The maximum absolute atomic E-state index is 13.6. The normalized spacial score (nSPS) is 19.7. The molecule has 4 aromatic rings. The summed E-state index contributed by atoms with van der Waals surface area (Å²) in [6.45, 7) is 2.85. The predicted molar refractivity (Wildman–Crippen MR) is 193 cm³/mol. The number of sulfonamides is 1. The quantitative estimate of drug-likeness (QED) is 0.220. The van der Waals surface area contributed by atoms with Crippen molar-refractivity contribution < 1.29 is 35.9 Å². The molecule has 2 N–H and O–H groups in total. The summed E-state index contributed by atoms with van der Waals surface area (Å²) in [5.74, 6) is -0.450. The van der Waals surface area contributed by atoms with Crippen molar-refractivity contribution in [2.75, 3.05) is 44.6 Å². The lowest BCUT2D eigenvalue weighted by molar-refractivity contribution is -0.138. The molecule has 2 aromatic heterocycles. The van der Waals surface area contributed by atoms with Gasteiger partial charge in [0.2, 0.25) is 27.8 Å². The smallest absolute Gasteiger partial charge is 0.419 e. The number of amides is 2. The highest BCUT2D eigenvalue weighted by atomic mass is 32.2. The number of benzene rings is 2. The van der Waals surface area contributed by atoms with Crippen molar-refractivity contribution in [1.82, 2.24) is 34.3 Å². The van der Waals surface area contributed by atoms with Gasteiger partial charge in [-0.2, -0.15) is 27.8 Å². The van der Waals surface area contributed by atoms with Crippen LogP contribution in [-0.4, -0.2) is 94.6 Å². The first-order valence-electron chi connectivity index (χ1n) is 18.2. The zero-order valence-electron chi connectivity index (χ0n) is 30.1. The Kier molecular flexibility index (Phi) is 10.8. The zero-order valence-corrected chi connectivity index (χ0v) is 30.9. The number of carbonyl (C=O) groups excluding carboxylic acids is 2. The predicted octanol–water partition coefficient (Wildman–Crippen LogP) is 4.30. The fourth-order valence-corrected chi connectivity index (χ4v) is 9.02. The summed E-state index contributed by atoms with van der Waals surface area (Å²) in [7, 11) is -2.05. The van der Waals surface area contributed by atoms with E-state index in [2.05, 4.69) is 48.8 Å². The molecular weight excluding hydrogens is 740 g/mol. The van der Waals surface area contributed by atoms with E-state index in [4.69, 9.17) is 4.74 Å². The van der Waals surface area contributed by atoms with Crippen molar-refractivity contribution >= 4 is 38.7 Å². The van der Waals surface area contributed by atoms with E-state index in [1.165, 1.54) is 28.1 Å². The minimum atomic E-state index is -4.54. The third kappa shape index (κ3) is 8.28. The molecule has 14 nitrogen and oxygen atoms in total. The van der Waals surface area contributed by atoms with E-state index >= 15 is 0 Å². The number of hydrogen-bond donors (Lipinski definition) is 2. The van der Waals surface area contributed by atoms with Gasteiger partial charge in [-0.1, -0.05) is 12.1 Å². The second-order valence-electron chi connectivity index (χ2n) is 14.1. The van der Waals surface area contributed by atoms with Crippen LogP contribution in [0.4, 0.5) is 19.1 Å². The number of nitriles is 1. The Morgan fingerprint density at radius 2 is 1.73 bits per heavy atom. The van der Waals surface area contributed by atoms with Gasteiger partial charge >= 0.3 is 6.18 Å². The summed E-state index contributed by atoms with van der Waals surface area (Å²) in [6, 6.07) is 12.3. The van der Waals surface area contributed by atoms with E-state index in [0.717, 1.165) is 36.8 Å². The number of fused-ring (bicyclic) bond motifs is 1. The molecule has 1 unspecified atom stereocenters. The summed E-state index contributed by atoms with van der Waals surface area (Å²) < 4.78 is 74.8. The van der Waals surface area contributed by atoms with Crippen LogP contribution < -0.4 is 15.4 Å². The van der Waals surface area contributed by atoms with Crippen LogP contribution >= 0.6 is 0 Å². The Bertz CT molecular complexity index is 2230. The summed E-state index contributed by atoms with van der Waals surface area (Å²) in [5.41, 5.74) is 2.11. The summed E-state index contributed by atoms with van der Waals surface area (Å²) in [6.07, 6.45) is 0.233. The van der Waals surface area contributed by atoms with Gasteiger partial charge in [0.15, 0.2) is 0 Å². The lowest BCUT2D eigenvalue weighted by Gasteiger charge is -2.32. The maximum Gasteiger partial charge on any atom is 0.419 e. The van der Waals surface area contributed by atoms with Gasteiger partial charge in [-0.05, 0) is 74.9 Å². The Labute approximate surface area is 315 Å². The molecule has 18 heteroatoms. The van der Waals surface area contributed by atoms with E-state index in [-0.39, 0.29) is 59.7 Å². The molecule has 7 rings (SSSR count). The molecule has 0 radical (unpaired) electrons. The van der Waals surface area contributed by atoms with Crippen LogP contribution in [0.15, 0.2) is 53.7 Å². The van der Waals surface area contributed by atoms with Gasteiger partial charge in [0.25, 0.3) is 0 Å². The second kappa shape index (κ2) is 15.6. The number of aromatic nitrogens is 4. The number of nitrogens with one attached hydrogen (secondary N) is 2. The number of aryl methyl sites for hydroxylation is 1. The minimum absolute atomic E-state index is 0.00872. The van der Waals surface area contributed by atoms with E-state index in [9.17, 15) is 36.4 Å². The number of hydrogen-bond acceptors (Lipinski definition) is 11. The van der Waals surface area contributed by atoms with Gasteiger partial charge < -0.3 is 10.1 Å². The van der Waals surface area contributed by atoms with Gasteiger partial charge in [-0.15, -0.1) is 0 Å². The van der Waals surface area contributed by atoms with Gasteiger partial charge in [0.05, 0.1) is 33.2 Å². The van der Waals surface area contributed by atoms with Crippen molar-refractivity contribution in [3.05, 3.63) is 71.2 Å². The molecule has 0 spiro atoms. The first kappa shape index (κ1) is 38.2. The molecule has 3 aliphatic heterocycles. The molecular formula is C37H40F3N9O5S. The highest BCUT2D eigenvalue weighted by Crippen LogP contribution is 2.35. The largest absolute Gasteiger partial charge is 0.491 e. The summed E-state index contributed by atoms with van der Waals surface area (Å²) in [5, 5.41) is 20.7. The first-order chi connectivity index (χ1) is 26.3. The molecule has 0 bridgehead atoms. The van der Waals surface area contributed by atoms with Crippen LogP contribution in [0.5, 0.6) is 5.75 Å². The lowest BCUT2D eigenvalue weighted by atomic mass is 9.88. The Balaban J connectivity index is 0.907. The molecule has 1 atom stereocenters. The Morgan fingerprint density at radius 3 is 2.40 bits per heavy atom. The Hall–Kier alpha value is -5.12. The number of alkyl halides is 3. The van der Waals surface area contributed by atoms with Crippen molar-refractivity contribution in [1.29, 1.82) is 5.26 Å². The molecule has 290 valence electrons. The van der Waals surface area contributed by atoms with Crippen molar-refractivity contribution in [2.24, 2.45) is 7.05 Å². The number of carbonyl (C=O) groups is 2. The fraction of sp³-hybridized carbons (Fsp3) is 0.459. The van der Waals surface area contributed by atoms with Crippen LogP contribution in [0.1, 0.15) is 72.7 Å². The van der Waals surface area contributed by atoms with E-state index in [0.29, 0.717) is 56.2 Å². The molecule has 3 aliphatic rings. The third-order valence-electron chi connectivity index (χ3n) is 10.7. The lowest BCUT2D eigenvalue weighted by Crippen LogP contribution is -2.42. The van der Waals surface area contributed by atoms with Crippen LogP contribution in [0.2, 0.25) is 0 Å². The summed E-state index contributed by atoms with van der Waals surface area (Å²) >= 11 is 0. The average Bonchev–Trinajstić information content (AvgIpc) is 3.50. The Morgan fingerprint density at radius 1 is 1.00 bits per heavy atom. The highest BCUT2D eigenvalue weighted by Gasteiger charge is 2.34. The van der Waals surface area contributed by atoms with Gasteiger partial charge in [-0.3, -0.25) is 24.5 Å². The van der Waals surface area contributed by atoms with Crippen LogP contribution in [0, 0.1) is 11.3 Å². The van der Waals surface area contributed by atoms with Crippen LogP contribution in [0.3, 0.4) is 0 Å². The number of halogens is 3. The van der Waals surface area contributed by atoms with Crippen molar-refractivity contribution in [3.8, 4) is 11.8 Å². The van der Waals surface area contributed by atoms with Crippen LogP contribution in [-0.2, 0) is 32.8 Å². The fourth-order valence-electron chi connectivity index (χ4n) is 7.54. The van der Waals surface area contributed by atoms with Crippen LogP contribution in [0.25, 0.3) is 10.9 Å². The number of imide groups is 1. The topological polar surface area (TPSA) is 175 Å². The van der Waals surface area contributed by atoms with Crippen molar-refractivity contribution in [2.45, 2.75) is 67.5 Å². The molecule has 0 aliphatic carbocycles. The monoisotopic (exact) mass is 779 g/mol. The molecule has 2 aromatic carbocycles. The van der Waals surface area contributed by atoms with Gasteiger partial charge in [0, 0.05) is 63.0 Å². The molecule has 3 saturated heterocycles. The number of rotatable bonds is 10.